The lowest BCUT2D eigenvalue weighted by molar-refractivity contribution is -0.141. The van der Waals surface area contributed by atoms with E-state index in [0.717, 1.165) is 16.6 Å². The molecule has 7 nitrogen and oxygen atoms in total. The molecule has 1 N–H and O–H groups in total. The van der Waals surface area contributed by atoms with Crippen LogP contribution < -0.4 is 9.73 Å². The molecule has 0 saturated carbocycles. The predicted octanol–water partition coefficient (Wildman–Crippen LogP) is 3.52. The van der Waals surface area contributed by atoms with E-state index in [4.69, 9.17) is 0 Å². The van der Waals surface area contributed by atoms with Gasteiger partial charge in [0.15, 0.2) is 0 Å². The fraction of sp³-hybridized carbons (Fsp3) is 0.280. The number of nitrogens with one attached hydrogen (secondary N) is 1. The van der Waals surface area contributed by atoms with Crippen LogP contribution in [-0.4, -0.2) is 39.3 Å². The molecule has 1 heterocycles. The molecule has 33 heavy (non-hydrogen) atoms. The van der Waals surface area contributed by atoms with Crippen molar-refractivity contribution >= 4 is 38.3 Å². The third-order valence-electron chi connectivity index (χ3n) is 6.36. The number of anilines is 1. The highest BCUT2D eigenvalue weighted by Crippen LogP contribution is 2.37. The summed E-state index contributed by atoms with van der Waals surface area (Å²) in [6.07, 6.45) is 0. The molecule has 1 aliphatic heterocycles. The molecule has 1 saturated heterocycles. The zero-order valence-electron chi connectivity index (χ0n) is 19.0. The van der Waals surface area contributed by atoms with Gasteiger partial charge in [0, 0.05) is 36.5 Å². The number of hydrogen-bond donors (Lipinski definition) is 1. The number of benzene rings is 3. The largest absolute Gasteiger partial charge is 0.377 e. The molecule has 1 fully saturated rings. The Bertz CT molecular complexity index is 1320. The number of carbonyl (C=O) groups excluding carboxylic acids is 2. The van der Waals surface area contributed by atoms with E-state index in [2.05, 4.69) is 4.83 Å². The van der Waals surface area contributed by atoms with Crippen molar-refractivity contribution in [3.05, 3.63) is 72.3 Å². The summed E-state index contributed by atoms with van der Waals surface area (Å²) in [6.45, 7) is 3.55. The molecule has 2 amide bonds. The molecule has 1 aliphatic rings. The van der Waals surface area contributed by atoms with Gasteiger partial charge >= 0.3 is 0 Å². The van der Waals surface area contributed by atoms with Crippen molar-refractivity contribution in [2.45, 2.75) is 24.7 Å². The lowest BCUT2D eigenvalue weighted by Gasteiger charge is -2.21. The van der Waals surface area contributed by atoms with Crippen LogP contribution in [0.3, 0.4) is 0 Å². The smallest absolute Gasteiger partial charge is 0.258 e. The van der Waals surface area contributed by atoms with E-state index in [0.29, 0.717) is 10.4 Å². The van der Waals surface area contributed by atoms with Crippen LogP contribution in [-0.2, 0) is 19.6 Å². The molecule has 0 aromatic heterocycles. The fourth-order valence-electron chi connectivity index (χ4n) is 4.59. The molecule has 3 unspecified atom stereocenters. The number of amides is 2. The molecule has 8 heteroatoms. The minimum atomic E-state index is -4.20. The Balaban J connectivity index is 1.68. The lowest BCUT2D eigenvalue weighted by atomic mass is 9.81. The number of rotatable bonds is 6. The highest BCUT2D eigenvalue weighted by Gasteiger charge is 2.49. The Morgan fingerprint density at radius 1 is 0.879 bits per heavy atom. The Kier molecular flexibility index (Phi) is 5.99. The maximum Gasteiger partial charge on any atom is 0.258 e. The predicted molar refractivity (Wildman–Crippen MR) is 128 cm³/mol. The summed E-state index contributed by atoms with van der Waals surface area (Å²) in [5.74, 6) is -2.64. The van der Waals surface area contributed by atoms with Crippen LogP contribution in [0, 0.1) is 11.8 Å². The first-order valence-electron chi connectivity index (χ1n) is 10.8. The highest BCUT2D eigenvalue weighted by molar-refractivity contribution is 7.89. The van der Waals surface area contributed by atoms with E-state index >= 15 is 0 Å². The van der Waals surface area contributed by atoms with Gasteiger partial charge in [-0.2, -0.15) is 5.01 Å². The second-order valence-electron chi connectivity index (χ2n) is 8.64. The molecule has 3 atom stereocenters. The van der Waals surface area contributed by atoms with Gasteiger partial charge in [-0.05, 0) is 23.6 Å². The average molecular weight is 466 g/mol. The number of fused-ring (bicyclic) bond motifs is 1. The summed E-state index contributed by atoms with van der Waals surface area (Å²) < 4.78 is 26.7. The summed E-state index contributed by atoms with van der Waals surface area (Å²) in [4.78, 5) is 30.4. The average Bonchev–Trinajstić information content (AvgIpc) is 3.01. The van der Waals surface area contributed by atoms with Crippen LogP contribution in [0.5, 0.6) is 0 Å². The van der Waals surface area contributed by atoms with Crippen LogP contribution in [0.2, 0.25) is 0 Å². The van der Waals surface area contributed by atoms with Gasteiger partial charge in [-0.3, -0.25) is 9.59 Å². The van der Waals surface area contributed by atoms with E-state index in [1.165, 1.54) is 6.07 Å². The Hall–Kier alpha value is -3.23. The van der Waals surface area contributed by atoms with Gasteiger partial charge in [0.05, 0.1) is 10.8 Å². The van der Waals surface area contributed by atoms with Gasteiger partial charge < -0.3 is 4.90 Å². The van der Waals surface area contributed by atoms with Gasteiger partial charge in [0.1, 0.15) is 0 Å². The SMILES string of the molecule is CC1C(=O)N(NS(=O)(=O)c2cccc3c(N(C)C)cccc23)C(=O)C1C(C)c1ccccc1. The van der Waals surface area contributed by atoms with Gasteiger partial charge in [0.25, 0.3) is 10.0 Å². The molecule has 0 spiro atoms. The van der Waals surface area contributed by atoms with Crippen molar-refractivity contribution in [3.8, 4) is 0 Å². The van der Waals surface area contributed by atoms with Gasteiger partial charge in [-0.1, -0.05) is 68.4 Å². The van der Waals surface area contributed by atoms with Crippen molar-refractivity contribution in [2.75, 3.05) is 19.0 Å². The molecule has 0 radical (unpaired) electrons. The van der Waals surface area contributed by atoms with Crippen LogP contribution >= 0.6 is 0 Å². The first-order valence-corrected chi connectivity index (χ1v) is 12.3. The Morgan fingerprint density at radius 3 is 2.18 bits per heavy atom. The Labute approximate surface area is 194 Å². The summed E-state index contributed by atoms with van der Waals surface area (Å²) in [6, 6.07) is 19.8. The van der Waals surface area contributed by atoms with Crippen LogP contribution in [0.15, 0.2) is 71.6 Å². The van der Waals surface area contributed by atoms with Crippen molar-refractivity contribution in [2.24, 2.45) is 11.8 Å². The van der Waals surface area contributed by atoms with Crippen LogP contribution in [0.25, 0.3) is 10.8 Å². The quantitative estimate of drug-likeness (QED) is 0.563. The molecule has 0 aliphatic carbocycles. The van der Waals surface area contributed by atoms with E-state index in [9.17, 15) is 18.0 Å². The number of carbonyl (C=O) groups is 2. The second kappa shape index (κ2) is 8.61. The maximum atomic E-state index is 13.4. The van der Waals surface area contributed by atoms with Gasteiger partial charge in [-0.15, -0.1) is 4.83 Å². The van der Waals surface area contributed by atoms with Crippen molar-refractivity contribution in [1.82, 2.24) is 9.84 Å². The molecular weight excluding hydrogens is 438 g/mol. The first kappa shape index (κ1) is 22.9. The summed E-state index contributed by atoms with van der Waals surface area (Å²) in [7, 11) is -0.440. The number of hydrogen-bond acceptors (Lipinski definition) is 5. The van der Waals surface area contributed by atoms with Gasteiger partial charge in [0.2, 0.25) is 11.8 Å². The molecule has 0 bridgehead atoms. The lowest BCUT2D eigenvalue weighted by Crippen LogP contribution is -2.46. The maximum absolute atomic E-state index is 13.4. The molecule has 172 valence electrons. The number of hydrazine groups is 1. The minimum Gasteiger partial charge on any atom is -0.377 e. The zero-order chi connectivity index (χ0) is 23.9. The number of sulfonamides is 1. The first-order chi connectivity index (χ1) is 15.6. The molecule has 3 aromatic carbocycles. The minimum absolute atomic E-state index is 0.0107. The normalized spacial score (nSPS) is 19.8. The van der Waals surface area contributed by atoms with Crippen molar-refractivity contribution in [1.29, 1.82) is 0 Å². The number of imide groups is 1. The Morgan fingerprint density at radius 2 is 1.52 bits per heavy atom. The number of nitrogens with zero attached hydrogens (tertiary/aromatic N) is 2. The zero-order valence-corrected chi connectivity index (χ0v) is 19.8. The van der Waals surface area contributed by atoms with E-state index in [1.54, 1.807) is 25.1 Å². The third kappa shape index (κ3) is 4.00. The van der Waals surface area contributed by atoms with Crippen LogP contribution in [0.4, 0.5) is 5.69 Å². The third-order valence-corrected chi connectivity index (χ3v) is 7.72. The monoisotopic (exact) mass is 465 g/mol. The molecular formula is C25H27N3O4S. The van der Waals surface area contributed by atoms with Crippen molar-refractivity contribution < 1.29 is 18.0 Å². The second-order valence-corrected chi connectivity index (χ2v) is 10.3. The molecule has 3 aromatic rings. The summed E-state index contributed by atoms with van der Waals surface area (Å²) >= 11 is 0. The van der Waals surface area contributed by atoms with Crippen LogP contribution in [0.1, 0.15) is 25.3 Å². The summed E-state index contributed by atoms with van der Waals surface area (Å²) in [5, 5.41) is 1.95. The highest BCUT2D eigenvalue weighted by atomic mass is 32.2. The molecule has 4 rings (SSSR count). The fourth-order valence-corrected chi connectivity index (χ4v) is 5.83. The van der Waals surface area contributed by atoms with E-state index in [-0.39, 0.29) is 10.8 Å². The standard InChI is InChI=1S/C25H27N3O4S/c1-16(18-10-6-5-7-11-18)23-17(2)24(29)28(25(23)30)26-33(31,32)22-15-9-12-19-20(22)13-8-14-21(19)27(3)4/h5-17,23,26H,1-4H3. The van der Waals surface area contributed by atoms with Gasteiger partial charge in [-0.25, -0.2) is 8.42 Å². The van der Waals surface area contributed by atoms with Crippen molar-refractivity contribution in [3.63, 3.8) is 0 Å². The summed E-state index contributed by atoms with van der Waals surface area (Å²) in [5.41, 5.74) is 1.79. The van der Waals surface area contributed by atoms with E-state index in [1.807, 2.05) is 68.4 Å². The van der Waals surface area contributed by atoms with E-state index < -0.39 is 33.7 Å². The topological polar surface area (TPSA) is 86.8 Å².